The standard InChI is InChI=1S/C14H30N2O2/c1-7-12(6)16(8-2)10-13(15-11(4)5)14(17)18-9-3/h11-13,15H,7-10H2,1-6H3. The van der Waals surface area contributed by atoms with Gasteiger partial charge in [0.15, 0.2) is 0 Å². The zero-order valence-corrected chi connectivity index (χ0v) is 12.8. The monoisotopic (exact) mass is 258 g/mol. The lowest BCUT2D eigenvalue weighted by Gasteiger charge is -2.31. The SMILES string of the molecule is CCOC(=O)C(CN(CC)C(C)CC)NC(C)C. The zero-order valence-electron chi connectivity index (χ0n) is 12.8. The Hall–Kier alpha value is -0.610. The third-order valence-corrected chi connectivity index (χ3v) is 3.14. The molecule has 0 aromatic heterocycles. The molecule has 2 unspecified atom stereocenters. The van der Waals surface area contributed by atoms with Crippen molar-refractivity contribution in [2.45, 2.75) is 66.1 Å². The van der Waals surface area contributed by atoms with E-state index in [1.54, 1.807) is 0 Å². The van der Waals surface area contributed by atoms with Crippen molar-refractivity contribution in [3.8, 4) is 0 Å². The van der Waals surface area contributed by atoms with Gasteiger partial charge in [0.1, 0.15) is 6.04 Å². The zero-order chi connectivity index (χ0) is 14.1. The van der Waals surface area contributed by atoms with Crippen LogP contribution in [0.4, 0.5) is 0 Å². The van der Waals surface area contributed by atoms with E-state index in [1.807, 2.05) is 20.8 Å². The number of nitrogens with one attached hydrogen (secondary N) is 1. The molecule has 0 aliphatic carbocycles. The summed E-state index contributed by atoms with van der Waals surface area (Å²) in [6.07, 6.45) is 1.09. The third-order valence-electron chi connectivity index (χ3n) is 3.14. The van der Waals surface area contributed by atoms with E-state index in [0.29, 0.717) is 19.2 Å². The Morgan fingerprint density at radius 2 is 1.83 bits per heavy atom. The Morgan fingerprint density at radius 1 is 1.22 bits per heavy atom. The molecule has 0 aromatic rings. The molecule has 0 saturated heterocycles. The number of carbonyl (C=O) groups excluding carboxylic acids is 1. The Bertz CT molecular complexity index is 232. The van der Waals surface area contributed by atoms with E-state index in [4.69, 9.17) is 4.74 Å². The molecule has 0 aromatic carbocycles. The van der Waals surface area contributed by atoms with E-state index < -0.39 is 0 Å². The topological polar surface area (TPSA) is 41.6 Å². The fraction of sp³-hybridized carbons (Fsp3) is 0.929. The fourth-order valence-electron chi connectivity index (χ4n) is 1.95. The molecular weight excluding hydrogens is 228 g/mol. The highest BCUT2D eigenvalue weighted by molar-refractivity contribution is 5.76. The summed E-state index contributed by atoms with van der Waals surface area (Å²) in [5.74, 6) is -0.145. The average Bonchev–Trinajstić information content (AvgIpc) is 2.33. The first-order chi connectivity index (χ1) is 8.46. The summed E-state index contributed by atoms with van der Waals surface area (Å²) in [6.45, 7) is 14.5. The summed E-state index contributed by atoms with van der Waals surface area (Å²) >= 11 is 0. The van der Waals surface area contributed by atoms with Crippen molar-refractivity contribution in [3.05, 3.63) is 0 Å². The summed E-state index contributed by atoms with van der Waals surface area (Å²) in [5.41, 5.74) is 0. The molecule has 0 saturated carbocycles. The molecule has 108 valence electrons. The lowest BCUT2D eigenvalue weighted by atomic mass is 10.1. The van der Waals surface area contributed by atoms with E-state index in [2.05, 4.69) is 31.0 Å². The van der Waals surface area contributed by atoms with Crippen LogP contribution in [0.15, 0.2) is 0 Å². The van der Waals surface area contributed by atoms with Gasteiger partial charge in [-0.2, -0.15) is 0 Å². The maximum absolute atomic E-state index is 11.9. The summed E-state index contributed by atoms with van der Waals surface area (Å²) < 4.78 is 5.14. The molecule has 1 N–H and O–H groups in total. The first kappa shape index (κ1) is 17.4. The van der Waals surface area contributed by atoms with E-state index in [9.17, 15) is 4.79 Å². The quantitative estimate of drug-likeness (QED) is 0.643. The van der Waals surface area contributed by atoms with E-state index in [0.717, 1.165) is 13.0 Å². The van der Waals surface area contributed by atoms with Gasteiger partial charge in [-0.25, -0.2) is 0 Å². The van der Waals surface area contributed by atoms with Gasteiger partial charge in [-0.1, -0.05) is 27.7 Å². The molecule has 0 bridgehead atoms. The molecule has 0 aliphatic heterocycles. The number of esters is 1. The summed E-state index contributed by atoms with van der Waals surface area (Å²) in [7, 11) is 0. The van der Waals surface area contributed by atoms with Gasteiger partial charge in [0.25, 0.3) is 0 Å². The van der Waals surface area contributed by atoms with Crippen LogP contribution in [0.2, 0.25) is 0 Å². The van der Waals surface area contributed by atoms with Crippen LogP contribution < -0.4 is 5.32 Å². The van der Waals surface area contributed by atoms with Crippen LogP contribution >= 0.6 is 0 Å². The number of rotatable bonds is 9. The van der Waals surface area contributed by atoms with Crippen molar-refractivity contribution in [2.24, 2.45) is 0 Å². The smallest absolute Gasteiger partial charge is 0.324 e. The summed E-state index contributed by atoms with van der Waals surface area (Å²) in [4.78, 5) is 14.2. The predicted octanol–water partition coefficient (Wildman–Crippen LogP) is 2.04. The average molecular weight is 258 g/mol. The van der Waals surface area contributed by atoms with Crippen molar-refractivity contribution in [1.82, 2.24) is 10.2 Å². The van der Waals surface area contributed by atoms with Gasteiger partial charge in [-0.05, 0) is 26.8 Å². The first-order valence-electron chi connectivity index (χ1n) is 7.12. The van der Waals surface area contributed by atoms with Crippen LogP contribution in [-0.2, 0) is 9.53 Å². The number of hydrogen-bond acceptors (Lipinski definition) is 4. The lowest BCUT2D eigenvalue weighted by Crippen LogP contribution is -2.51. The molecular formula is C14H30N2O2. The van der Waals surface area contributed by atoms with Crippen LogP contribution in [0.1, 0.15) is 48.0 Å². The third kappa shape index (κ3) is 6.36. The molecule has 0 fully saturated rings. The fourth-order valence-corrected chi connectivity index (χ4v) is 1.95. The molecule has 0 rings (SSSR count). The normalized spacial score (nSPS) is 14.9. The van der Waals surface area contributed by atoms with Crippen molar-refractivity contribution in [2.75, 3.05) is 19.7 Å². The molecule has 18 heavy (non-hydrogen) atoms. The van der Waals surface area contributed by atoms with Gasteiger partial charge < -0.3 is 10.1 Å². The largest absolute Gasteiger partial charge is 0.465 e. The first-order valence-corrected chi connectivity index (χ1v) is 7.12. The van der Waals surface area contributed by atoms with Gasteiger partial charge in [0.2, 0.25) is 0 Å². The van der Waals surface area contributed by atoms with Crippen LogP contribution in [-0.4, -0.2) is 48.7 Å². The maximum atomic E-state index is 11.9. The molecule has 0 heterocycles. The maximum Gasteiger partial charge on any atom is 0.324 e. The van der Waals surface area contributed by atoms with Gasteiger partial charge in [0, 0.05) is 18.6 Å². The molecule has 0 amide bonds. The minimum absolute atomic E-state index is 0.145. The van der Waals surface area contributed by atoms with E-state index in [-0.39, 0.29) is 18.1 Å². The van der Waals surface area contributed by atoms with Crippen LogP contribution in [0.5, 0.6) is 0 Å². The number of ether oxygens (including phenoxy) is 1. The Kier molecular flexibility index (Phi) is 9.02. The summed E-state index contributed by atoms with van der Waals surface area (Å²) in [6, 6.07) is 0.523. The highest BCUT2D eigenvalue weighted by Gasteiger charge is 2.24. The number of nitrogens with zero attached hydrogens (tertiary/aromatic N) is 1. The van der Waals surface area contributed by atoms with E-state index >= 15 is 0 Å². The van der Waals surface area contributed by atoms with Gasteiger partial charge in [-0.15, -0.1) is 0 Å². The molecule has 2 atom stereocenters. The minimum atomic E-state index is -0.237. The minimum Gasteiger partial charge on any atom is -0.465 e. The van der Waals surface area contributed by atoms with Gasteiger partial charge in [0.05, 0.1) is 6.61 Å². The second-order valence-electron chi connectivity index (χ2n) is 4.97. The van der Waals surface area contributed by atoms with Gasteiger partial charge in [-0.3, -0.25) is 9.69 Å². The second-order valence-corrected chi connectivity index (χ2v) is 4.97. The van der Waals surface area contributed by atoms with E-state index in [1.165, 1.54) is 0 Å². The van der Waals surface area contributed by atoms with Crippen molar-refractivity contribution >= 4 is 5.97 Å². The number of hydrogen-bond donors (Lipinski definition) is 1. The molecule has 4 heteroatoms. The number of likely N-dealkylation sites (N-methyl/N-ethyl adjacent to an activating group) is 1. The van der Waals surface area contributed by atoms with Crippen LogP contribution in [0.3, 0.4) is 0 Å². The predicted molar refractivity (Wildman–Crippen MR) is 75.7 cm³/mol. The van der Waals surface area contributed by atoms with Crippen molar-refractivity contribution in [1.29, 1.82) is 0 Å². The van der Waals surface area contributed by atoms with Crippen molar-refractivity contribution in [3.63, 3.8) is 0 Å². The highest BCUT2D eigenvalue weighted by Crippen LogP contribution is 2.06. The molecule has 0 aliphatic rings. The molecule has 0 spiro atoms. The summed E-state index contributed by atoms with van der Waals surface area (Å²) in [5, 5.41) is 3.29. The lowest BCUT2D eigenvalue weighted by molar-refractivity contribution is -0.146. The highest BCUT2D eigenvalue weighted by atomic mass is 16.5. The molecule has 0 radical (unpaired) electrons. The Balaban J connectivity index is 4.59. The van der Waals surface area contributed by atoms with Crippen LogP contribution in [0.25, 0.3) is 0 Å². The molecule has 4 nitrogen and oxygen atoms in total. The van der Waals surface area contributed by atoms with Crippen molar-refractivity contribution < 1.29 is 9.53 Å². The van der Waals surface area contributed by atoms with Crippen LogP contribution in [0, 0.1) is 0 Å². The van der Waals surface area contributed by atoms with Gasteiger partial charge >= 0.3 is 5.97 Å². The number of carbonyl (C=O) groups is 1. The second kappa shape index (κ2) is 9.34. The Labute approximate surface area is 112 Å². The Morgan fingerprint density at radius 3 is 2.22 bits per heavy atom.